The fourth-order valence-corrected chi connectivity index (χ4v) is 2.92. The largest absolute Gasteiger partial charge is 0.291 e. The number of hydrazine groups is 1. The number of para-hydroxylation sites is 1. The first-order chi connectivity index (χ1) is 14.7. The molecule has 2 amide bonds. The monoisotopic (exact) mass is 401 g/mol. The Kier molecular flexibility index (Phi) is 5.33. The van der Waals surface area contributed by atoms with E-state index < -0.39 is 11.8 Å². The Bertz CT molecular complexity index is 1150. The molecule has 0 saturated carbocycles. The quantitative estimate of drug-likeness (QED) is 0.444. The van der Waals surface area contributed by atoms with Crippen LogP contribution in [0.3, 0.4) is 0 Å². The van der Waals surface area contributed by atoms with Crippen molar-refractivity contribution in [2.45, 2.75) is 13.3 Å². The van der Waals surface area contributed by atoms with E-state index in [1.165, 1.54) is 11.8 Å². The van der Waals surface area contributed by atoms with Gasteiger partial charge in [0.05, 0.1) is 17.4 Å². The molecule has 0 saturated heterocycles. The highest BCUT2D eigenvalue weighted by atomic mass is 16.2. The van der Waals surface area contributed by atoms with Gasteiger partial charge in [-0.1, -0.05) is 49.4 Å². The van der Waals surface area contributed by atoms with Gasteiger partial charge >= 0.3 is 0 Å². The zero-order valence-corrected chi connectivity index (χ0v) is 16.2. The van der Waals surface area contributed by atoms with Crippen molar-refractivity contribution in [2.75, 3.05) is 0 Å². The Morgan fingerprint density at radius 2 is 1.73 bits per heavy atom. The maximum atomic E-state index is 12.9. The van der Waals surface area contributed by atoms with Crippen molar-refractivity contribution in [3.63, 3.8) is 0 Å². The summed E-state index contributed by atoms with van der Waals surface area (Å²) in [4.78, 5) is 24.9. The van der Waals surface area contributed by atoms with E-state index in [1.807, 2.05) is 54.6 Å². The molecule has 4 aromatic rings. The molecule has 0 fully saturated rings. The number of nitrogens with zero attached hydrogens (tertiary/aromatic N) is 4. The van der Waals surface area contributed by atoms with Gasteiger partial charge in [-0.05, 0) is 24.1 Å². The van der Waals surface area contributed by atoms with Crippen LogP contribution in [0.2, 0.25) is 0 Å². The number of aryl methyl sites for hydroxylation is 1. The van der Waals surface area contributed by atoms with Crippen LogP contribution < -0.4 is 10.9 Å². The topological polar surface area (TPSA) is 118 Å². The third-order valence-electron chi connectivity index (χ3n) is 4.55. The summed E-state index contributed by atoms with van der Waals surface area (Å²) in [6.07, 6.45) is 3.81. The van der Waals surface area contributed by atoms with Gasteiger partial charge in [0.1, 0.15) is 5.69 Å². The van der Waals surface area contributed by atoms with Gasteiger partial charge in [-0.15, -0.1) is 0 Å². The Morgan fingerprint density at radius 1 is 1.00 bits per heavy atom. The molecule has 0 spiro atoms. The SMILES string of the molecule is CCc1ccc(-c2nn(-c3ccccc3)cc2C(=O)NNC(=O)c2cn[nH]n2)cc1. The summed E-state index contributed by atoms with van der Waals surface area (Å²) in [6.45, 7) is 2.08. The van der Waals surface area contributed by atoms with Crippen molar-refractivity contribution in [1.82, 2.24) is 36.0 Å². The standard InChI is InChI=1S/C21H19N7O2/c1-2-14-8-10-15(11-9-14)19-17(13-28(26-19)16-6-4-3-5-7-16)20(29)24-25-21(30)18-12-22-27-23-18/h3-13H,2H2,1H3,(H,24,29)(H,25,30)(H,22,23,27). The van der Waals surface area contributed by atoms with Crippen LogP contribution in [0.15, 0.2) is 67.0 Å². The minimum absolute atomic E-state index is 0.0608. The molecule has 0 radical (unpaired) electrons. The highest BCUT2D eigenvalue weighted by Crippen LogP contribution is 2.24. The van der Waals surface area contributed by atoms with Gasteiger partial charge in [0.15, 0.2) is 5.69 Å². The van der Waals surface area contributed by atoms with Gasteiger partial charge < -0.3 is 0 Å². The lowest BCUT2D eigenvalue weighted by atomic mass is 10.0. The molecule has 0 aliphatic carbocycles. The van der Waals surface area contributed by atoms with Crippen molar-refractivity contribution in [1.29, 1.82) is 0 Å². The highest BCUT2D eigenvalue weighted by Gasteiger charge is 2.20. The van der Waals surface area contributed by atoms with E-state index in [4.69, 9.17) is 0 Å². The molecule has 9 nitrogen and oxygen atoms in total. The molecule has 0 aliphatic heterocycles. The Hall–Kier alpha value is -4.27. The number of aromatic amines is 1. The molecule has 0 atom stereocenters. The van der Waals surface area contributed by atoms with Crippen molar-refractivity contribution < 1.29 is 9.59 Å². The predicted molar refractivity (Wildman–Crippen MR) is 110 cm³/mol. The first-order valence-corrected chi connectivity index (χ1v) is 9.36. The molecule has 2 aromatic heterocycles. The fourth-order valence-electron chi connectivity index (χ4n) is 2.92. The van der Waals surface area contributed by atoms with E-state index >= 15 is 0 Å². The number of hydrogen-bond acceptors (Lipinski definition) is 5. The number of carbonyl (C=O) groups is 2. The average molecular weight is 401 g/mol. The zero-order valence-electron chi connectivity index (χ0n) is 16.2. The van der Waals surface area contributed by atoms with Gasteiger partial charge in [0.2, 0.25) is 0 Å². The second kappa shape index (κ2) is 8.39. The smallest absolute Gasteiger partial charge is 0.267 e. The average Bonchev–Trinajstić information content (AvgIpc) is 3.48. The second-order valence-corrected chi connectivity index (χ2v) is 6.49. The number of nitrogens with one attached hydrogen (secondary N) is 3. The van der Waals surface area contributed by atoms with Crippen molar-refractivity contribution in [2.24, 2.45) is 0 Å². The summed E-state index contributed by atoms with van der Waals surface area (Å²) in [6, 6.07) is 17.4. The van der Waals surface area contributed by atoms with Crippen LogP contribution in [0.4, 0.5) is 0 Å². The van der Waals surface area contributed by atoms with Gasteiger partial charge in [-0.3, -0.25) is 20.4 Å². The maximum absolute atomic E-state index is 12.9. The van der Waals surface area contributed by atoms with Crippen LogP contribution in [-0.4, -0.2) is 37.0 Å². The van der Waals surface area contributed by atoms with Crippen LogP contribution in [0, 0.1) is 0 Å². The molecule has 2 heterocycles. The lowest BCUT2D eigenvalue weighted by Gasteiger charge is -2.06. The van der Waals surface area contributed by atoms with Crippen LogP contribution in [-0.2, 0) is 6.42 Å². The van der Waals surface area contributed by atoms with Crippen molar-refractivity contribution >= 4 is 11.8 Å². The summed E-state index contributed by atoms with van der Waals surface area (Å²) in [5.41, 5.74) is 8.44. The molecule has 0 bridgehead atoms. The molecule has 30 heavy (non-hydrogen) atoms. The predicted octanol–water partition coefficient (Wildman–Crippen LogP) is 2.29. The van der Waals surface area contributed by atoms with Gasteiger partial charge in [-0.2, -0.15) is 20.5 Å². The first kappa shape index (κ1) is 19.1. The summed E-state index contributed by atoms with van der Waals surface area (Å²) < 4.78 is 1.64. The molecular weight excluding hydrogens is 382 g/mol. The van der Waals surface area contributed by atoms with E-state index in [9.17, 15) is 9.59 Å². The zero-order chi connectivity index (χ0) is 20.9. The highest BCUT2D eigenvalue weighted by molar-refractivity contribution is 6.01. The van der Waals surface area contributed by atoms with E-state index in [0.29, 0.717) is 11.3 Å². The van der Waals surface area contributed by atoms with Crippen molar-refractivity contribution in [3.05, 3.63) is 83.8 Å². The fraction of sp³-hybridized carbons (Fsp3) is 0.0952. The molecular formula is C21H19N7O2. The minimum atomic E-state index is -0.582. The van der Waals surface area contributed by atoms with E-state index in [2.05, 4.69) is 38.3 Å². The van der Waals surface area contributed by atoms with Crippen LogP contribution in [0.1, 0.15) is 33.3 Å². The number of H-pyrrole nitrogens is 1. The van der Waals surface area contributed by atoms with Gasteiger partial charge in [-0.25, -0.2) is 4.68 Å². The normalized spacial score (nSPS) is 10.6. The second-order valence-electron chi connectivity index (χ2n) is 6.49. The Balaban J connectivity index is 1.64. The lowest BCUT2D eigenvalue weighted by Crippen LogP contribution is -2.41. The number of hydrogen-bond donors (Lipinski definition) is 3. The minimum Gasteiger partial charge on any atom is -0.267 e. The number of aromatic nitrogens is 5. The summed E-state index contributed by atoms with van der Waals surface area (Å²) >= 11 is 0. The molecule has 3 N–H and O–H groups in total. The molecule has 150 valence electrons. The Labute approximate surface area is 172 Å². The molecule has 9 heteroatoms. The van der Waals surface area contributed by atoms with Crippen LogP contribution >= 0.6 is 0 Å². The van der Waals surface area contributed by atoms with E-state index in [-0.39, 0.29) is 5.69 Å². The molecule has 2 aromatic carbocycles. The van der Waals surface area contributed by atoms with Gasteiger partial charge in [0, 0.05) is 11.8 Å². The molecule has 0 aliphatic rings. The van der Waals surface area contributed by atoms with E-state index in [1.54, 1.807) is 10.9 Å². The van der Waals surface area contributed by atoms with Crippen LogP contribution in [0.5, 0.6) is 0 Å². The van der Waals surface area contributed by atoms with Crippen molar-refractivity contribution in [3.8, 4) is 16.9 Å². The summed E-state index contributed by atoms with van der Waals surface area (Å²) in [7, 11) is 0. The van der Waals surface area contributed by atoms with Gasteiger partial charge in [0.25, 0.3) is 11.8 Å². The third kappa shape index (κ3) is 3.95. The molecule has 0 unspecified atom stereocenters. The number of rotatable bonds is 5. The number of carbonyl (C=O) groups excluding carboxylic acids is 2. The number of benzene rings is 2. The lowest BCUT2D eigenvalue weighted by molar-refractivity contribution is 0.0844. The van der Waals surface area contributed by atoms with E-state index in [0.717, 1.165) is 17.7 Å². The summed E-state index contributed by atoms with van der Waals surface area (Å²) in [5, 5.41) is 14.2. The third-order valence-corrected chi connectivity index (χ3v) is 4.55. The van der Waals surface area contributed by atoms with Crippen LogP contribution in [0.25, 0.3) is 16.9 Å². The maximum Gasteiger partial charge on any atom is 0.291 e. The molecule has 4 rings (SSSR count). The Morgan fingerprint density at radius 3 is 2.40 bits per heavy atom. The summed E-state index contributed by atoms with van der Waals surface area (Å²) in [5.74, 6) is -1.08. The number of amides is 2. The first-order valence-electron chi connectivity index (χ1n) is 9.36.